The van der Waals surface area contributed by atoms with Crippen LogP contribution in [0.5, 0.6) is 0 Å². The first kappa shape index (κ1) is 62.3. The summed E-state index contributed by atoms with van der Waals surface area (Å²) in [5.74, 6) is 0.456. The van der Waals surface area contributed by atoms with Crippen LogP contribution in [0.15, 0.2) is 57.2 Å². The Morgan fingerprint density at radius 2 is 0.977 bits per heavy atom. The Balaban J connectivity index is 0.000000113. The van der Waals surface area contributed by atoms with Crippen molar-refractivity contribution in [3.05, 3.63) is 134 Å². The Hall–Kier alpha value is -6.33. The summed E-state index contributed by atoms with van der Waals surface area (Å²) in [6.07, 6.45) is 19.3. The molecule has 2 aliphatic carbocycles. The number of thiophene rings is 2. The minimum atomic E-state index is 0.0692. The molecule has 0 saturated carbocycles. The van der Waals surface area contributed by atoms with Gasteiger partial charge in [0.1, 0.15) is 9.40 Å². The molecule has 466 valence electrons. The van der Waals surface area contributed by atoms with Gasteiger partial charge >= 0.3 is 0 Å². The maximum Gasteiger partial charge on any atom is 0.284 e. The first-order valence-corrected chi connectivity index (χ1v) is 34.0. The van der Waals surface area contributed by atoms with Gasteiger partial charge in [-0.1, -0.05) is 41.5 Å². The molecular formula is C70H94N10O5S2. The first-order valence-electron chi connectivity index (χ1n) is 32.4. The van der Waals surface area contributed by atoms with Crippen molar-refractivity contribution in [3.8, 4) is 0 Å². The van der Waals surface area contributed by atoms with Crippen molar-refractivity contribution in [3.63, 3.8) is 0 Å². The van der Waals surface area contributed by atoms with E-state index in [-0.39, 0.29) is 46.6 Å². The molecule has 15 nitrogen and oxygen atoms in total. The Labute approximate surface area is 521 Å². The van der Waals surface area contributed by atoms with Crippen molar-refractivity contribution < 1.29 is 9.59 Å². The molecule has 2 amide bonds. The molecule has 8 aromatic rings. The second kappa shape index (κ2) is 23.6. The minimum absolute atomic E-state index is 0.0692. The largest absolute Gasteiger partial charge is 0.347 e. The van der Waals surface area contributed by atoms with E-state index in [1.807, 2.05) is 74.5 Å². The number of amides is 2. The summed E-state index contributed by atoms with van der Waals surface area (Å²) in [5, 5.41) is 11.7. The average Bonchev–Trinajstić information content (AvgIpc) is 4.14. The van der Waals surface area contributed by atoms with E-state index < -0.39 is 0 Å². The van der Waals surface area contributed by atoms with E-state index in [0.29, 0.717) is 28.3 Å². The monoisotopic (exact) mass is 1220 g/mol. The van der Waals surface area contributed by atoms with Gasteiger partial charge in [0.05, 0.1) is 58.7 Å². The number of hydrogen-bond acceptors (Lipinski definition) is 9. The van der Waals surface area contributed by atoms with Gasteiger partial charge in [-0.15, -0.1) is 22.7 Å². The molecule has 15 rings (SSSR count). The number of pyridine rings is 1. The van der Waals surface area contributed by atoms with Gasteiger partial charge in [-0.05, 0) is 192 Å². The fourth-order valence-electron chi connectivity index (χ4n) is 14.6. The second-order valence-corrected chi connectivity index (χ2v) is 31.8. The summed E-state index contributed by atoms with van der Waals surface area (Å²) in [5.41, 5.74) is 13.6. The summed E-state index contributed by atoms with van der Waals surface area (Å²) in [6.45, 7) is 39.1. The van der Waals surface area contributed by atoms with Crippen molar-refractivity contribution in [2.45, 2.75) is 244 Å². The highest BCUT2D eigenvalue weighted by Crippen LogP contribution is 2.45. The normalized spacial score (nSPS) is 18.3. The smallest absolute Gasteiger partial charge is 0.284 e. The number of aryl methyl sites for hydroxylation is 3. The molecule has 0 radical (unpaired) electrons. The van der Waals surface area contributed by atoms with Gasteiger partial charge in [-0.3, -0.25) is 24.0 Å². The first-order chi connectivity index (χ1) is 41.0. The Bertz CT molecular complexity index is 4040. The van der Waals surface area contributed by atoms with E-state index in [9.17, 15) is 24.0 Å². The summed E-state index contributed by atoms with van der Waals surface area (Å²) in [6, 6.07) is 9.52. The molecule has 87 heavy (non-hydrogen) atoms. The molecule has 8 aromatic heterocycles. The highest BCUT2D eigenvalue weighted by Gasteiger charge is 2.38. The molecule has 0 N–H and O–H groups in total. The molecule has 5 aliphatic heterocycles. The van der Waals surface area contributed by atoms with E-state index in [4.69, 9.17) is 0 Å². The van der Waals surface area contributed by atoms with Crippen LogP contribution in [0.4, 0.5) is 0 Å². The van der Waals surface area contributed by atoms with Gasteiger partial charge in [-0.2, -0.15) is 10.2 Å². The van der Waals surface area contributed by atoms with E-state index in [1.54, 1.807) is 32.0 Å². The van der Waals surface area contributed by atoms with Crippen LogP contribution in [0.3, 0.4) is 0 Å². The second-order valence-electron chi connectivity index (χ2n) is 29.6. The molecule has 0 spiro atoms. The lowest BCUT2D eigenvalue weighted by Crippen LogP contribution is -2.42. The maximum absolute atomic E-state index is 12.4. The number of carbonyl (C=O) groups is 2. The molecule has 13 heterocycles. The fourth-order valence-corrected chi connectivity index (χ4v) is 17.6. The van der Waals surface area contributed by atoms with Gasteiger partial charge < -0.3 is 28.1 Å². The lowest BCUT2D eigenvalue weighted by atomic mass is 9.90. The minimum Gasteiger partial charge on any atom is -0.347 e. The van der Waals surface area contributed by atoms with Crippen molar-refractivity contribution in [2.24, 2.45) is 16.2 Å². The zero-order valence-electron chi connectivity index (χ0n) is 54.8. The van der Waals surface area contributed by atoms with Crippen LogP contribution in [-0.4, -0.2) is 78.1 Å². The lowest BCUT2D eigenvalue weighted by Gasteiger charge is -2.31. The van der Waals surface area contributed by atoms with Crippen molar-refractivity contribution in [1.29, 1.82) is 0 Å². The van der Waals surface area contributed by atoms with Crippen LogP contribution in [0.1, 0.15) is 225 Å². The van der Waals surface area contributed by atoms with Gasteiger partial charge in [-0.25, -0.2) is 9.36 Å². The Kier molecular flexibility index (Phi) is 16.9. The number of rotatable bonds is 5. The number of nitrogens with zero attached hydrogens (tertiary/aromatic N) is 10. The van der Waals surface area contributed by atoms with E-state index >= 15 is 0 Å². The number of hydrogen-bond donors (Lipinski definition) is 0. The van der Waals surface area contributed by atoms with Gasteiger partial charge in [0.15, 0.2) is 0 Å². The summed E-state index contributed by atoms with van der Waals surface area (Å²) in [7, 11) is 0. The predicted octanol–water partition coefficient (Wildman–Crippen LogP) is 13.7. The average molecular weight is 1220 g/mol. The molecule has 17 heteroatoms. The van der Waals surface area contributed by atoms with Crippen LogP contribution in [0.25, 0.3) is 31.1 Å². The number of carbonyl (C=O) groups excluding carboxylic acids is 2. The quantitative estimate of drug-likeness (QED) is 0.167. The highest BCUT2D eigenvalue weighted by atomic mass is 32.1. The molecule has 0 saturated heterocycles. The number of aromatic nitrogens is 8. The molecule has 0 fully saturated rings. The van der Waals surface area contributed by atoms with Crippen LogP contribution >= 0.6 is 22.7 Å². The molecule has 0 atom stereocenters. The lowest BCUT2D eigenvalue weighted by molar-refractivity contribution is 0.0684. The zero-order chi connectivity index (χ0) is 62.5. The third-order valence-corrected chi connectivity index (χ3v) is 21.5. The third kappa shape index (κ3) is 11.8. The molecule has 0 unspecified atom stereocenters. The van der Waals surface area contributed by atoms with Gasteiger partial charge in [0.2, 0.25) is 0 Å². The molecular weight excluding hydrogens is 1120 g/mol. The maximum atomic E-state index is 12.4. The third-order valence-electron chi connectivity index (χ3n) is 19.0. The molecule has 0 bridgehead atoms. The van der Waals surface area contributed by atoms with Crippen molar-refractivity contribution in [2.75, 3.05) is 6.54 Å². The highest BCUT2D eigenvalue weighted by molar-refractivity contribution is 7.19. The predicted molar refractivity (Wildman–Crippen MR) is 355 cm³/mol. The van der Waals surface area contributed by atoms with Gasteiger partial charge in [0, 0.05) is 100 Å². The summed E-state index contributed by atoms with van der Waals surface area (Å²) >= 11 is 3.35. The van der Waals surface area contributed by atoms with E-state index in [0.717, 1.165) is 126 Å². The van der Waals surface area contributed by atoms with E-state index in [2.05, 4.69) is 117 Å². The Morgan fingerprint density at radius 1 is 0.471 bits per heavy atom. The zero-order valence-corrected chi connectivity index (χ0v) is 56.4. The molecule has 7 aliphatic rings. The Morgan fingerprint density at radius 3 is 1.51 bits per heavy atom. The molecule has 0 aromatic carbocycles. The van der Waals surface area contributed by atoms with Gasteiger partial charge in [0.25, 0.3) is 28.5 Å². The SMILES string of the molecule is CC(C)N1CCc2c(cc3n2CC(C)(C)C3)C1=O.CC(C)N1Cc2c(cc3n2CCCC3)C1=O.CC(C)n1ccc2c(cc3n2CCCC3)c1=O.CC(C)n1ncc2c3c(sc2c1=O)CC(C)(C)C3.CC(C)n1ncc2c3c(sc2c1=O)CC(C)(C)C3. The van der Waals surface area contributed by atoms with Crippen molar-refractivity contribution >= 4 is 65.6 Å². The summed E-state index contributed by atoms with van der Waals surface area (Å²) in [4.78, 5) is 68.4. The topological polar surface area (TPSA) is 147 Å². The number of fused-ring (bicyclic) bond motifs is 15. The summed E-state index contributed by atoms with van der Waals surface area (Å²) < 4.78 is 13.8. The van der Waals surface area contributed by atoms with Crippen LogP contribution in [-0.2, 0) is 77.5 Å². The standard InChI is InChI=1S/C15H22N2O.2C14H18N2OS.C14H18N2O.C13H18N2O/c1-10(2)16-6-5-13-12(14(16)18)7-11-8-15(3,4)9-17(11)13;2*1-8(2)16-13(17)12-10(7-15-16)9-5-14(3,4)6-11(9)18-12;1-10(2)15-8-6-13-12(14(15)17)9-11-5-3-4-7-16(11)13;1-9(2)15-8-12-11(13(15)16)7-10-5-3-4-6-14(10)12/h7,10H,5-6,8-9H2,1-4H3;2*7-8H,5-6H2,1-4H3;6,8-10H,3-5,7H2,1-2H3;7,9H,3-6,8H2,1-2H3. The van der Waals surface area contributed by atoms with Crippen LogP contribution < -0.4 is 16.7 Å². The fraction of sp³-hybridized carbons (Fsp3) is 0.586. The van der Waals surface area contributed by atoms with E-state index in [1.165, 1.54) is 75.0 Å². The van der Waals surface area contributed by atoms with Crippen LogP contribution in [0, 0.1) is 16.2 Å². The van der Waals surface area contributed by atoms with Crippen molar-refractivity contribution in [1.82, 2.24) is 47.6 Å². The van der Waals surface area contributed by atoms with Crippen LogP contribution in [0.2, 0.25) is 0 Å².